The molecule has 2 N–H and O–H groups in total. The smallest absolute Gasteiger partial charge is 0.273 e. The Labute approximate surface area is 196 Å². The molecule has 0 radical (unpaired) electrons. The molecule has 0 unspecified atom stereocenters. The Hall–Kier alpha value is -4.05. The maximum absolute atomic E-state index is 13.5. The third kappa shape index (κ3) is 4.67. The highest BCUT2D eigenvalue weighted by atomic mass is 16.5. The number of carbonyl (C=O) groups is 1. The van der Waals surface area contributed by atoms with Gasteiger partial charge < -0.3 is 19.8 Å². The molecule has 4 rings (SSSR count). The number of hydrogen-bond donors (Lipinski definition) is 2. The fourth-order valence-electron chi connectivity index (χ4n) is 3.62. The van der Waals surface area contributed by atoms with Crippen LogP contribution in [0.3, 0.4) is 0 Å². The lowest BCUT2D eigenvalue weighted by molar-refractivity contribution is 0.0781. The van der Waals surface area contributed by atoms with Gasteiger partial charge in [0.25, 0.3) is 5.91 Å². The van der Waals surface area contributed by atoms with Crippen molar-refractivity contribution < 1.29 is 19.7 Å². The molecule has 3 aromatic heterocycles. The highest BCUT2D eigenvalue weighted by Crippen LogP contribution is 2.26. The summed E-state index contributed by atoms with van der Waals surface area (Å²) in [6.45, 7) is 5.16. The minimum Gasteiger partial charge on any atom is -0.508 e. The molecule has 0 atom stereocenters. The summed E-state index contributed by atoms with van der Waals surface area (Å²) in [6.07, 6.45) is 3.28. The van der Waals surface area contributed by atoms with Crippen molar-refractivity contribution in [3.63, 3.8) is 0 Å². The number of benzene rings is 1. The molecule has 1 amide bonds. The van der Waals surface area contributed by atoms with E-state index in [2.05, 4.69) is 20.1 Å². The molecule has 34 heavy (non-hydrogen) atoms. The van der Waals surface area contributed by atoms with Gasteiger partial charge in [0.15, 0.2) is 5.82 Å². The number of carbonyl (C=O) groups excluding carboxylic acids is 1. The molecule has 176 valence electrons. The zero-order valence-electron chi connectivity index (χ0n) is 19.3. The number of fused-ring (bicyclic) bond motifs is 1. The standard InChI is InChI=1S/C24H26N6O4/c1-4-30-15(2)16(12-26-30)14-29(3)24(33)22-19-11-17(32)5-7-20(19)27-23(28-22)21-8-6-18(13-25-21)34-10-9-31/h5-8,11-13,31-32H,4,9-10,14H2,1-3H3. The van der Waals surface area contributed by atoms with Gasteiger partial charge in [-0.05, 0) is 44.2 Å². The van der Waals surface area contributed by atoms with Crippen LogP contribution < -0.4 is 4.74 Å². The molecule has 0 spiro atoms. The average Bonchev–Trinajstić information content (AvgIpc) is 3.20. The SMILES string of the molecule is CCn1ncc(CN(C)C(=O)c2nc(-c3ccc(OCCO)cn3)nc3ccc(O)cc23)c1C. The molecule has 0 saturated carbocycles. The zero-order chi connectivity index (χ0) is 24.2. The predicted molar refractivity (Wildman–Crippen MR) is 125 cm³/mol. The monoisotopic (exact) mass is 462 g/mol. The van der Waals surface area contributed by atoms with Crippen molar-refractivity contribution >= 4 is 16.8 Å². The first-order valence-corrected chi connectivity index (χ1v) is 10.9. The van der Waals surface area contributed by atoms with Crippen molar-refractivity contribution in [1.82, 2.24) is 29.6 Å². The molecule has 10 heteroatoms. The maximum Gasteiger partial charge on any atom is 0.273 e. The Kier molecular flexibility index (Phi) is 6.69. The number of aliphatic hydroxyl groups excluding tert-OH is 1. The number of aromatic hydroxyl groups is 1. The molecule has 10 nitrogen and oxygen atoms in total. The van der Waals surface area contributed by atoms with Crippen LogP contribution in [-0.2, 0) is 13.1 Å². The Morgan fingerprint density at radius 2 is 2.00 bits per heavy atom. The topological polar surface area (TPSA) is 126 Å². The molecular formula is C24H26N6O4. The van der Waals surface area contributed by atoms with Gasteiger partial charge in [0.2, 0.25) is 0 Å². The minimum absolute atomic E-state index is 0.0177. The van der Waals surface area contributed by atoms with Crippen LogP contribution in [0, 0.1) is 6.92 Å². The normalized spacial score (nSPS) is 11.1. The molecule has 0 bridgehead atoms. The van der Waals surface area contributed by atoms with Gasteiger partial charge in [-0.3, -0.25) is 9.48 Å². The van der Waals surface area contributed by atoms with E-state index in [9.17, 15) is 9.90 Å². The van der Waals surface area contributed by atoms with Crippen LogP contribution in [0.1, 0.15) is 28.7 Å². The van der Waals surface area contributed by atoms with Crippen LogP contribution in [0.25, 0.3) is 22.4 Å². The van der Waals surface area contributed by atoms with E-state index in [0.29, 0.717) is 28.9 Å². The number of nitrogens with zero attached hydrogens (tertiary/aromatic N) is 6. The number of amides is 1. The number of aliphatic hydroxyl groups is 1. The van der Waals surface area contributed by atoms with E-state index in [-0.39, 0.29) is 36.4 Å². The van der Waals surface area contributed by atoms with Crippen molar-refractivity contribution in [3.05, 3.63) is 59.7 Å². The second-order valence-corrected chi connectivity index (χ2v) is 7.78. The zero-order valence-corrected chi connectivity index (χ0v) is 19.3. The number of phenolic OH excluding ortho intramolecular Hbond substituents is 1. The highest BCUT2D eigenvalue weighted by molar-refractivity contribution is 6.05. The summed E-state index contributed by atoms with van der Waals surface area (Å²) in [5.41, 5.74) is 3.08. The molecule has 1 aromatic carbocycles. The molecule has 4 aromatic rings. The second-order valence-electron chi connectivity index (χ2n) is 7.78. The van der Waals surface area contributed by atoms with Crippen molar-refractivity contribution in [2.24, 2.45) is 0 Å². The van der Waals surface area contributed by atoms with Gasteiger partial charge in [0.05, 0.1) is 24.5 Å². The average molecular weight is 463 g/mol. The lowest BCUT2D eigenvalue weighted by Gasteiger charge is -2.18. The lowest BCUT2D eigenvalue weighted by Crippen LogP contribution is -2.27. The van der Waals surface area contributed by atoms with Gasteiger partial charge in [-0.2, -0.15) is 5.10 Å². The summed E-state index contributed by atoms with van der Waals surface area (Å²) in [7, 11) is 1.70. The molecule has 0 saturated heterocycles. The fraction of sp³-hybridized carbons (Fsp3) is 0.292. The lowest BCUT2D eigenvalue weighted by atomic mass is 10.1. The summed E-state index contributed by atoms with van der Waals surface area (Å²) < 4.78 is 7.23. The Morgan fingerprint density at radius 3 is 2.68 bits per heavy atom. The Morgan fingerprint density at radius 1 is 1.18 bits per heavy atom. The molecule has 0 aliphatic heterocycles. The van der Waals surface area contributed by atoms with E-state index in [1.54, 1.807) is 36.3 Å². The third-order valence-corrected chi connectivity index (χ3v) is 5.47. The summed E-state index contributed by atoms with van der Waals surface area (Å²) in [4.78, 5) is 28.5. The van der Waals surface area contributed by atoms with Crippen LogP contribution in [-0.4, -0.2) is 66.0 Å². The van der Waals surface area contributed by atoms with Gasteiger partial charge in [0, 0.05) is 36.8 Å². The number of aromatic nitrogens is 5. The van der Waals surface area contributed by atoms with Gasteiger partial charge >= 0.3 is 0 Å². The van der Waals surface area contributed by atoms with Crippen molar-refractivity contribution in [2.45, 2.75) is 26.9 Å². The Balaban J connectivity index is 1.70. The predicted octanol–water partition coefficient (Wildman–Crippen LogP) is 2.57. The quantitative estimate of drug-likeness (QED) is 0.409. The van der Waals surface area contributed by atoms with Crippen molar-refractivity contribution in [2.75, 3.05) is 20.3 Å². The van der Waals surface area contributed by atoms with Crippen LogP contribution in [0.2, 0.25) is 0 Å². The van der Waals surface area contributed by atoms with E-state index < -0.39 is 0 Å². The largest absolute Gasteiger partial charge is 0.508 e. The van der Waals surface area contributed by atoms with E-state index in [1.165, 1.54) is 18.3 Å². The summed E-state index contributed by atoms with van der Waals surface area (Å²) in [5, 5.41) is 23.7. The van der Waals surface area contributed by atoms with Gasteiger partial charge in [-0.15, -0.1) is 0 Å². The molecule has 0 aliphatic carbocycles. The highest BCUT2D eigenvalue weighted by Gasteiger charge is 2.21. The fourth-order valence-corrected chi connectivity index (χ4v) is 3.62. The Bertz CT molecular complexity index is 1320. The van der Waals surface area contributed by atoms with E-state index in [0.717, 1.165) is 17.8 Å². The number of aryl methyl sites for hydroxylation is 1. The number of rotatable bonds is 8. The minimum atomic E-state index is -0.314. The summed E-state index contributed by atoms with van der Waals surface area (Å²) >= 11 is 0. The molecular weight excluding hydrogens is 436 g/mol. The van der Waals surface area contributed by atoms with Crippen LogP contribution >= 0.6 is 0 Å². The first-order chi connectivity index (χ1) is 16.4. The van der Waals surface area contributed by atoms with Gasteiger partial charge in [-0.25, -0.2) is 15.0 Å². The number of phenols is 1. The van der Waals surface area contributed by atoms with Crippen LogP contribution in [0.5, 0.6) is 11.5 Å². The molecule has 0 aliphatic rings. The van der Waals surface area contributed by atoms with Crippen LogP contribution in [0.15, 0.2) is 42.7 Å². The first-order valence-electron chi connectivity index (χ1n) is 10.9. The van der Waals surface area contributed by atoms with E-state index in [1.807, 2.05) is 18.5 Å². The first kappa shape index (κ1) is 23.1. The van der Waals surface area contributed by atoms with Crippen molar-refractivity contribution in [3.8, 4) is 23.0 Å². The summed E-state index contributed by atoms with van der Waals surface area (Å²) in [6, 6.07) is 8.03. The van der Waals surface area contributed by atoms with E-state index in [4.69, 9.17) is 9.84 Å². The van der Waals surface area contributed by atoms with E-state index >= 15 is 0 Å². The molecule has 3 heterocycles. The number of pyridine rings is 1. The maximum atomic E-state index is 13.5. The van der Waals surface area contributed by atoms with Gasteiger partial charge in [-0.1, -0.05) is 0 Å². The van der Waals surface area contributed by atoms with Gasteiger partial charge in [0.1, 0.15) is 29.5 Å². The van der Waals surface area contributed by atoms with Crippen LogP contribution in [0.4, 0.5) is 0 Å². The molecule has 0 fully saturated rings. The second kappa shape index (κ2) is 9.84. The summed E-state index contributed by atoms with van der Waals surface area (Å²) in [5.74, 6) is 0.482. The number of ether oxygens (including phenoxy) is 1. The third-order valence-electron chi connectivity index (χ3n) is 5.47. The van der Waals surface area contributed by atoms with Crippen molar-refractivity contribution in [1.29, 1.82) is 0 Å². The number of hydrogen-bond acceptors (Lipinski definition) is 8.